The van der Waals surface area contributed by atoms with E-state index in [1.165, 1.54) is 11.6 Å². The van der Waals surface area contributed by atoms with Crippen molar-refractivity contribution < 1.29 is 14.3 Å². The van der Waals surface area contributed by atoms with E-state index in [2.05, 4.69) is 13.8 Å². The minimum absolute atomic E-state index is 0.0794. The van der Waals surface area contributed by atoms with Crippen LogP contribution in [-0.4, -0.2) is 15.6 Å². The molecule has 0 amide bonds. The van der Waals surface area contributed by atoms with E-state index in [1.807, 2.05) is 29.0 Å². The minimum Gasteiger partial charge on any atom is -0.475 e. The Morgan fingerprint density at radius 1 is 1.32 bits per heavy atom. The molecular formula is C17H16ClNO3. The van der Waals surface area contributed by atoms with Crippen LogP contribution in [0.2, 0.25) is 5.02 Å². The SMILES string of the molecule is CC(C)Cc1cn(-c2ccc(C(=O)O)o2)c2cc(Cl)ccc12. The number of carboxylic acids is 1. The van der Waals surface area contributed by atoms with Gasteiger partial charge in [0.1, 0.15) is 0 Å². The summed E-state index contributed by atoms with van der Waals surface area (Å²) in [5, 5.41) is 10.7. The highest BCUT2D eigenvalue weighted by molar-refractivity contribution is 6.31. The Morgan fingerprint density at radius 2 is 2.09 bits per heavy atom. The van der Waals surface area contributed by atoms with Gasteiger partial charge in [-0.05, 0) is 36.1 Å². The standard InChI is InChI=1S/C17H16ClNO3/c1-10(2)7-11-9-19(14-8-12(18)3-4-13(11)14)16-6-5-15(22-16)17(20)21/h3-6,8-10H,7H2,1-2H3,(H,20,21). The second-order valence-corrected chi connectivity index (χ2v) is 6.16. The van der Waals surface area contributed by atoms with E-state index in [0.29, 0.717) is 16.8 Å². The smallest absolute Gasteiger partial charge is 0.371 e. The highest BCUT2D eigenvalue weighted by Gasteiger charge is 2.15. The maximum Gasteiger partial charge on any atom is 0.371 e. The molecule has 0 fully saturated rings. The molecule has 0 saturated carbocycles. The Kier molecular flexibility index (Phi) is 3.71. The maximum absolute atomic E-state index is 11.0. The number of hydrogen-bond acceptors (Lipinski definition) is 2. The van der Waals surface area contributed by atoms with Gasteiger partial charge in [-0.2, -0.15) is 0 Å². The fraction of sp³-hybridized carbons (Fsp3) is 0.235. The zero-order chi connectivity index (χ0) is 15.9. The van der Waals surface area contributed by atoms with Crippen molar-refractivity contribution in [1.82, 2.24) is 4.57 Å². The number of aromatic nitrogens is 1. The summed E-state index contributed by atoms with van der Waals surface area (Å²) in [5.74, 6) is -0.173. The van der Waals surface area contributed by atoms with E-state index in [9.17, 15) is 4.79 Å². The molecule has 1 N–H and O–H groups in total. The summed E-state index contributed by atoms with van der Waals surface area (Å²) in [5.41, 5.74) is 2.10. The molecule has 1 aromatic carbocycles. The summed E-state index contributed by atoms with van der Waals surface area (Å²) in [7, 11) is 0. The van der Waals surface area contributed by atoms with E-state index in [4.69, 9.17) is 21.1 Å². The van der Waals surface area contributed by atoms with Gasteiger partial charge in [-0.3, -0.25) is 4.57 Å². The quantitative estimate of drug-likeness (QED) is 0.753. The van der Waals surface area contributed by atoms with Crippen molar-refractivity contribution in [3.05, 3.63) is 52.9 Å². The number of nitrogens with zero attached hydrogens (tertiary/aromatic N) is 1. The molecule has 0 bridgehead atoms. The summed E-state index contributed by atoms with van der Waals surface area (Å²) in [6.45, 7) is 4.32. The van der Waals surface area contributed by atoms with Crippen LogP contribution in [0.4, 0.5) is 0 Å². The Labute approximate surface area is 132 Å². The van der Waals surface area contributed by atoms with Gasteiger partial charge >= 0.3 is 5.97 Å². The molecule has 5 heteroatoms. The highest BCUT2D eigenvalue weighted by Crippen LogP contribution is 2.29. The van der Waals surface area contributed by atoms with Crippen LogP contribution < -0.4 is 0 Å². The Morgan fingerprint density at radius 3 is 2.73 bits per heavy atom. The van der Waals surface area contributed by atoms with Crippen molar-refractivity contribution in [1.29, 1.82) is 0 Å². The molecule has 0 saturated heterocycles. The lowest BCUT2D eigenvalue weighted by Crippen LogP contribution is -1.94. The van der Waals surface area contributed by atoms with Crippen molar-refractivity contribution in [2.45, 2.75) is 20.3 Å². The van der Waals surface area contributed by atoms with Crippen LogP contribution in [0.3, 0.4) is 0 Å². The molecule has 4 nitrogen and oxygen atoms in total. The number of halogens is 1. The summed E-state index contributed by atoms with van der Waals surface area (Å²) < 4.78 is 7.27. The van der Waals surface area contributed by atoms with Gasteiger partial charge in [0.05, 0.1) is 5.52 Å². The molecule has 0 unspecified atom stereocenters. The molecular weight excluding hydrogens is 302 g/mol. The van der Waals surface area contributed by atoms with Crippen molar-refractivity contribution >= 4 is 28.5 Å². The summed E-state index contributed by atoms with van der Waals surface area (Å²) in [6, 6.07) is 8.83. The third-order valence-electron chi connectivity index (χ3n) is 3.52. The van der Waals surface area contributed by atoms with Crippen molar-refractivity contribution in [3.63, 3.8) is 0 Å². The molecule has 3 aromatic rings. The highest BCUT2D eigenvalue weighted by atomic mass is 35.5. The lowest BCUT2D eigenvalue weighted by atomic mass is 10.0. The number of fused-ring (bicyclic) bond motifs is 1. The average Bonchev–Trinajstić information content (AvgIpc) is 3.03. The van der Waals surface area contributed by atoms with Gasteiger partial charge < -0.3 is 9.52 Å². The average molecular weight is 318 g/mol. The number of hydrogen-bond donors (Lipinski definition) is 1. The first kappa shape index (κ1) is 14.7. The molecule has 3 rings (SSSR count). The largest absolute Gasteiger partial charge is 0.475 e. The van der Waals surface area contributed by atoms with Crippen LogP contribution in [-0.2, 0) is 6.42 Å². The predicted octanol–water partition coefficient (Wildman–Crippen LogP) is 4.77. The van der Waals surface area contributed by atoms with Gasteiger partial charge in [-0.15, -0.1) is 0 Å². The Balaban J connectivity index is 2.19. The third-order valence-corrected chi connectivity index (χ3v) is 3.75. The maximum atomic E-state index is 11.0. The van der Waals surface area contributed by atoms with Gasteiger partial charge in [-0.1, -0.05) is 31.5 Å². The topological polar surface area (TPSA) is 55.4 Å². The van der Waals surface area contributed by atoms with Gasteiger partial charge in [0.2, 0.25) is 11.6 Å². The van der Waals surface area contributed by atoms with Crippen LogP contribution in [0.5, 0.6) is 0 Å². The number of furan rings is 1. The van der Waals surface area contributed by atoms with Crippen LogP contribution in [0.25, 0.3) is 16.8 Å². The molecule has 2 heterocycles. The Hall–Kier alpha value is -2.20. The molecule has 0 aliphatic rings. The molecule has 0 atom stereocenters. The van der Waals surface area contributed by atoms with E-state index >= 15 is 0 Å². The van der Waals surface area contributed by atoms with Crippen molar-refractivity contribution in [2.75, 3.05) is 0 Å². The lowest BCUT2D eigenvalue weighted by molar-refractivity contribution is 0.0662. The number of aromatic carboxylic acids is 1. The Bertz CT molecular complexity index is 845. The van der Waals surface area contributed by atoms with E-state index in [-0.39, 0.29) is 5.76 Å². The number of carboxylic acid groups (broad SMARTS) is 1. The second kappa shape index (κ2) is 5.54. The van der Waals surface area contributed by atoms with E-state index in [0.717, 1.165) is 17.3 Å². The van der Waals surface area contributed by atoms with Gasteiger partial charge in [0.25, 0.3) is 0 Å². The van der Waals surface area contributed by atoms with Crippen LogP contribution in [0.15, 0.2) is 40.9 Å². The summed E-state index contributed by atoms with van der Waals surface area (Å²) in [4.78, 5) is 11.0. The number of rotatable bonds is 4. The fourth-order valence-electron chi connectivity index (χ4n) is 2.63. The van der Waals surface area contributed by atoms with Gasteiger partial charge in [-0.25, -0.2) is 4.79 Å². The minimum atomic E-state index is -1.08. The molecule has 22 heavy (non-hydrogen) atoms. The molecule has 2 aromatic heterocycles. The van der Waals surface area contributed by atoms with Crippen molar-refractivity contribution in [2.24, 2.45) is 5.92 Å². The van der Waals surface area contributed by atoms with Crippen LogP contribution in [0.1, 0.15) is 30.0 Å². The fourth-order valence-corrected chi connectivity index (χ4v) is 2.79. The molecule has 0 spiro atoms. The lowest BCUT2D eigenvalue weighted by Gasteiger charge is -2.02. The third kappa shape index (κ3) is 2.62. The first-order chi connectivity index (χ1) is 10.5. The second-order valence-electron chi connectivity index (χ2n) is 5.73. The number of carbonyl (C=O) groups is 1. The zero-order valence-electron chi connectivity index (χ0n) is 12.3. The first-order valence-corrected chi connectivity index (χ1v) is 7.46. The molecule has 0 radical (unpaired) electrons. The van der Waals surface area contributed by atoms with Crippen LogP contribution >= 0.6 is 11.6 Å². The predicted molar refractivity (Wildman–Crippen MR) is 86.1 cm³/mol. The molecule has 114 valence electrons. The monoisotopic (exact) mass is 317 g/mol. The zero-order valence-corrected chi connectivity index (χ0v) is 13.1. The summed E-state index contributed by atoms with van der Waals surface area (Å²) >= 11 is 6.11. The van der Waals surface area contributed by atoms with Crippen molar-refractivity contribution in [3.8, 4) is 5.88 Å². The van der Waals surface area contributed by atoms with Gasteiger partial charge in [0.15, 0.2) is 0 Å². The first-order valence-electron chi connectivity index (χ1n) is 7.08. The van der Waals surface area contributed by atoms with Crippen LogP contribution in [0, 0.1) is 5.92 Å². The van der Waals surface area contributed by atoms with E-state index in [1.54, 1.807) is 6.07 Å². The van der Waals surface area contributed by atoms with E-state index < -0.39 is 5.97 Å². The molecule has 0 aliphatic heterocycles. The molecule has 0 aliphatic carbocycles. The number of benzene rings is 1. The van der Waals surface area contributed by atoms with Gasteiger partial charge in [0, 0.05) is 22.7 Å². The summed E-state index contributed by atoms with van der Waals surface area (Å²) in [6.07, 6.45) is 2.92. The normalized spacial score (nSPS) is 11.5.